The third kappa shape index (κ3) is 2.72. The van der Waals surface area contributed by atoms with Gasteiger partial charge in [0.05, 0.1) is 0 Å². The summed E-state index contributed by atoms with van der Waals surface area (Å²) in [6.07, 6.45) is 5.78. The first-order chi connectivity index (χ1) is 8.20. The fraction of sp³-hybridized carbons (Fsp3) is 0.583. The van der Waals surface area contributed by atoms with Crippen LogP contribution in [0.5, 0.6) is 0 Å². The van der Waals surface area contributed by atoms with Gasteiger partial charge in [0.15, 0.2) is 5.82 Å². The summed E-state index contributed by atoms with van der Waals surface area (Å²) >= 11 is 0. The molecule has 0 fully saturated rings. The molecule has 0 radical (unpaired) electrons. The third-order valence-electron chi connectivity index (χ3n) is 2.77. The quantitative estimate of drug-likeness (QED) is 0.803. The van der Waals surface area contributed by atoms with Crippen LogP contribution in [0.15, 0.2) is 6.07 Å². The summed E-state index contributed by atoms with van der Waals surface area (Å²) in [5.74, 6) is 2.04. The van der Waals surface area contributed by atoms with E-state index in [0.29, 0.717) is 11.6 Å². The van der Waals surface area contributed by atoms with E-state index in [1.807, 2.05) is 13.0 Å². The Bertz CT molecular complexity index is 503. The molecule has 2 heterocycles. The highest BCUT2D eigenvalue weighted by Crippen LogP contribution is 2.10. The van der Waals surface area contributed by atoms with Crippen LogP contribution in [0.1, 0.15) is 44.1 Å². The lowest BCUT2D eigenvalue weighted by Crippen LogP contribution is -2.01. The standard InChI is InChI=1S/C12H19N5/c1-3-4-5-6-7-11-15-12-14-9(2)8-10(13)17(12)16-11/h8H,3-7,13H2,1-2H3. The Morgan fingerprint density at radius 2 is 2.06 bits per heavy atom. The molecule has 0 aliphatic carbocycles. The van der Waals surface area contributed by atoms with Crippen molar-refractivity contribution in [3.05, 3.63) is 17.6 Å². The van der Waals surface area contributed by atoms with Crippen molar-refractivity contribution in [2.24, 2.45) is 0 Å². The van der Waals surface area contributed by atoms with Crippen molar-refractivity contribution in [2.45, 2.75) is 46.0 Å². The normalized spacial score (nSPS) is 11.2. The highest BCUT2D eigenvalue weighted by atomic mass is 15.3. The van der Waals surface area contributed by atoms with E-state index < -0.39 is 0 Å². The van der Waals surface area contributed by atoms with Crippen molar-refractivity contribution in [1.29, 1.82) is 0 Å². The molecule has 0 aromatic carbocycles. The molecular weight excluding hydrogens is 214 g/mol. The topological polar surface area (TPSA) is 69.1 Å². The van der Waals surface area contributed by atoms with Gasteiger partial charge in [-0.3, -0.25) is 0 Å². The molecule has 0 bridgehead atoms. The van der Waals surface area contributed by atoms with E-state index in [1.165, 1.54) is 19.3 Å². The number of fused-ring (bicyclic) bond motifs is 1. The number of aryl methyl sites for hydroxylation is 2. The molecule has 0 saturated carbocycles. The zero-order chi connectivity index (χ0) is 12.3. The molecule has 0 unspecified atom stereocenters. The van der Waals surface area contributed by atoms with Crippen molar-refractivity contribution in [3.63, 3.8) is 0 Å². The van der Waals surface area contributed by atoms with E-state index in [-0.39, 0.29) is 0 Å². The van der Waals surface area contributed by atoms with Gasteiger partial charge in [0.1, 0.15) is 5.82 Å². The smallest absolute Gasteiger partial charge is 0.254 e. The fourth-order valence-electron chi connectivity index (χ4n) is 1.87. The fourth-order valence-corrected chi connectivity index (χ4v) is 1.87. The number of nitrogen functional groups attached to an aromatic ring is 1. The second-order valence-corrected chi connectivity index (χ2v) is 4.37. The molecule has 5 nitrogen and oxygen atoms in total. The van der Waals surface area contributed by atoms with Crippen LogP contribution in [-0.2, 0) is 6.42 Å². The van der Waals surface area contributed by atoms with E-state index in [9.17, 15) is 0 Å². The largest absolute Gasteiger partial charge is 0.383 e. The zero-order valence-corrected chi connectivity index (χ0v) is 10.5. The van der Waals surface area contributed by atoms with Gasteiger partial charge in [0.25, 0.3) is 5.78 Å². The van der Waals surface area contributed by atoms with Crippen LogP contribution >= 0.6 is 0 Å². The van der Waals surface area contributed by atoms with Gasteiger partial charge in [-0.25, -0.2) is 4.98 Å². The molecule has 0 aliphatic heterocycles. The minimum atomic E-state index is 0.597. The van der Waals surface area contributed by atoms with Gasteiger partial charge < -0.3 is 5.73 Å². The summed E-state index contributed by atoms with van der Waals surface area (Å²) < 4.78 is 1.61. The second kappa shape index (κ2) is 5.12. The maximum atomic E-state index is 5.87. The van der Waals surface area contributed by atoms with E-state index in [0.717, 1.165) is 24.4 Å². The number of hydrogen-bond donors (Lipinski definition) is 1. The molecule has 17 heavy (non-hydrogen) atoms. The maximum Gasteiger partial charge on any atom is 0.254 e. The number of nitrogens with zero attached hydrogens (tertiary/aromatic N) is 4. The molecular formula is C12H19N5. The number of anilines is 1. The summed E-state index contributed by atoms with van der Waals surface area (Å²) in [6, 6.07) is 1.81. The van der Waals surface area contributed by atoms with Gasteiger partial charge in [-0.15, -0.1) is 5.10 Å². The van der Waals surface area contributed by atoms with Crippen molar-refractivity contribution < 1.29 is 0 Å². The maximum absolute atomic E-state index is 5.87. The van der Waals surface area contributed by atoms with Crippen molar-refractivity contribution >= 4 is 11.6 Å². The lowest BCUT2D eigenvalue weighted by Gasteiger charge is -1.97. The van der Waals surface area contributed by atoms with Crippen LogP contribution in [0.4, 0.5) is 5.82 Å². The molecule has 92 valence electrons. The molecule has 0 spiro atoms. The molecule has 2 aromatic heterocycles. The monoisotopic (exact) mass is 233 g/mol. The summed E-state index contributed by atoms with van der Waals surface area (Å²) in [7, 11) is 0. The van der Waals surface area contributed by atoms with E-state index >= 15 is 0 Å². The lowest BCUT2D eigenvalue weighted by molar-refractivity contribution is 0.652. The summed E-state index contributed by atoms with van der Waals surface area (Å²) in [4.78, 5) is 8.70. The zero-order valence-electron chi connectivity index (χ0n) is 10.5. The predicted molar refractivity (Wildman–Crippen MR) is 67.8 cm³/mol. The third-order valence-corrected chi connectivity index (χ3v) is 2.77. The molecule has 0 amide bonds. The van der Waals surface area contributed by atoms with Crippen LogP contribution in [0, 0.1) is 6.92 Å². The number of nitrogens with two attached hydrogens (primary N) is 1. The summed E-state index contributed by atoms with van der Waals surface area (Å²) in [5.41, 5.74) is 6.74. The minimum absolute atomic E-state index is 0.597. The van der Waals surface area contributed by atoms with Gasteiger partial charge in [-0.05, 0) is 13.3 Å². The van der Waals surface area contributed by atoms with Crippen LogP contribution in [0.3, 0.4) is 0 Å². The summed E-state index contributed by atoms with van der Waals surface area (Å²) in [5, 5.41) is 4.37. The lowest BCUT2D eigenvalue weighted by atomic mass is 10.1. The first kappa shape index (κ1) is 11.8. The average molecular weight is 233 g/mol. The molecule has 0 atom stereocenters. The Balaban J connectivity index is 2.12. The summed E-state index contributed by atoms with van der Waals surface area (Å²) in [6.45, 7) is 4.11. The van der Waals surface area contributed by atoms with Gasteiger partial charge in [-0.1, -0.05) is 26.2 Å². The van der Waals surface area contributed by atoms with Crippen LogP contribution < -0.4 is 5.73 Å². The predicted octanol–water partition coefficient (Wildman–Crippen LogP) is 2.14. The Morgan fingerprint density at radius 1 is 1.24 bits per heavy atom. The minimum Gasteiger partial charge on any atom is -0.383 e. The average Bonchev–Trinajstić information content (AvgIpc) is 2.67. The number of hydrogen-bond acceptors (Lipinski definition) is 4. The first-order valence-corrected chi connectivity index (χ1v) is 6.19. The van der Waals surface area contributed by atoms with Crippen molar-refractivity contribution in [3.8, 4) is 0 Å². The highest BCUT2D eigenvalue weighted by molar-refractivity contribution is 5.41. The molecule has 0 aliphatic rings. The Hall–Kier alpha value is -1.65. The van der Waals surface area contributed by atoms with Gasteiger partial charge in [-0.2, -0.15) is 9.50 Å². The second-order valence-electron chi connectivity index (χ2n) is 4.37. The van der Waals surface area contributed by atoms with E-state index in [2.05, 4.69) is 22.0 Å². The van der Waals surface area contributed by atoms with Crippen LogP contribution in [-0.4, -0.2) is 19.6 Å². The SMILES string of the molecule is CCCCCCc1nc2nc(C)cc(N)n2n1. The molecule has 0 saturated heterocycles. The van der Waals surface area contributed by atoms with Crippen molar-refractivity contribution in [2.75, 3.05) is 5.73 Å². The number of rotatable bonds is 5. The van der Waals surface area contributed by atoms with Crippen LogP contribution in [0.25, 0.3) is 5.78 Å². The molecule has 5 heteroatoms. The number of aromatic nitrogens is 4. The van der Waals surface area contributed by atoms with Gasteiger partial charge in [0, 0.05) is 18.2 Å². The number of unbranched alkanes of at least 4 members (excludes halogenated alkanes) is 3. The Kier molecular flexibility index (Phi) is 3.56. The Morgan fingerprint density at radius 3 is 2.82 bits per heavy atom. The van der Waals surface area contributed by atoms with E-state index in [4.69, 9.17) is 5.73 Å². The highest BCUT2D eigenvalue weighted by Gasteiger charge is 2.07. The molecule has 2 aromatic rings. The van der Waals surface area contributed by atoms with Crippen LogP contribution in [0.2, 0.25) is 0 Å². The first-order valence-electron chi connectivity index (χ1n) is 6.19. The Labute approximate surface area is 101 Å². The van der Waals surface area contributed by atoms with E-state index in [1.54, 1.807) is 4.52 Å². The molecule has 2 rings (SSSR count). The van der Waals surface area contributed by atoms with Gasteiger partial charge >= 0.3 is 0 Å². The van der Waals surface area contributed by atoms with Crippen molar-refractivity contribution in [1.82, 2.24) is 19.6 Å². The van der Waals surface area contributed by atoms with Gasteiger partial charge in [0.2, 0.25) is 0 Å². The molecule has 2 N–H and O–H groups in total.